The molecule has 0 aromatic rings. The average Bonchev–Trinajstić information content (AvgIpc) is 2.92. The zero-order chi connectivity index (χ0) is 11.0. The lowest BCUT2D eigenvalue weighted by atomic mass is 9.83. The summed E-state index contributed by atoms with van der Waals surface area (Å²) in [5.41, 5.74) is 0. The molecule has 1 N–H and O–H groups in total. The summed E-state index contributed by atoms with van der Waals surface area (Å²) in [5, 5.41) is 3.92. The predicted molar refractivity (Wildman–Crippen MR) is 71.9 cm³/mol. The summed E-state index contributed by atoms with van der Waals surface area (Å²) in [6, 6.07) is 1.59. The van der Waals surface area contributed by atoms with Gasteiger partial charge in [0.05, 0.1) is 0 Å². The van der Waals surface area contributed by atoms with Crippen LogP contribution < -0.4 is 5.32 Å². The van der Waals surface area contributed by atoms with E-state index >= 15 is 0 Å². The highest BCUT2D eigenvalue weighted by molar-refractivity contribution is 7.99. The van der Waals surface area contributed by atoms with Crippen molar-refractivity contribution in [2.75, 3.05) is 11.5 Å². The maximum Gasteiger partial charge on any atom is 0.0161 e. The van der Waals surface area contributed by atoms with Crippen molar-refractivity contribution in [2.24, 2.45) is 17.8 Å². The van der Waals surface area contributed by atoms with Gasteiger partial charge in [-0.2, -0.15) is 11.8 Å². The first-order chi connectivity index (χ1) is 7.83. The Morgan fingerprint density at radius 1 is 1.19 bits per heavy atom. The van der Waals surface area contributed by atoms with Crippen LogP contribution in [0.2, 0.25) is 0 Å². The normalized spacial score (nSPS) is 44.8. The lowest BCUT2D eigenvalue weighted by Crippen LogP contribution is -2.44. The fourth-order valence-corrected chi connectivity index (χ4v) is 5.36. The highest BCUT2D eigenvalue weighted by atomic mass is 32.2. The average molecular weight is 239 g/mol. The van der Waals surface area contributed by atoms with Crippen molar-refractivity contribution in [2.45, 2.75) is 57.5 Å². The lowest BCUT2D eigenvalue weighted by Gasteiger charge is -2.33. The van der Waals surface area contributed by atoms with Gasteiger partial charge < -0.3 is 5.32 Å². The van der Waals surface area contributed by atoms with Crippen LogP contribution in [-0.4, -0.2) is 23.6 Å². The molecule has 92 valence electrons. The zero-order valence-corrected chi connectivity index (χ0v) is 11.3. The summed E-state index contributed by atoms with van der Waals surface area (Å²) in [7, 11) is 0. The van der Waals surface area contributed by atoms with Gasteiger partial charge in [-0.05, 0) is 62.5 Å². The first-order valence-electron chi connectivity index (χ1n) is 7.16. The van der Waals surface area contributed by atoms with Crippen LogP contribution in [0.3, 0.4) is 0 Å². The quantitative estimate of drug-likeness (QED) is 0.811. The van der Waals surface area contributed by atoms with E-state index < -0.39 is 0 Å². The van der Waals surface area contributed by atoms with Crippen molar-refractivity contribution in [1.82, 2.24) is 5.32 Å². The molecule has 2 bridgehead atoms. The summed E-state index contributed by atoms with van der Waals surface area (Å²) in [6.45, 7) is 2.45. The Balaban J connectivity index is 1.51. The summed E-state index contributed by atoms with van der Waals surface area (Å²) in [6.07, 6.45) is 8.98. The minimum absolute atomic E-state index is 0.777. The van der Waals surface area contributed by atoms with Crippen LogP contribution in [-0.2, 0) is 0 Å². The second-order valence-corrected chi connectivity index (χ2v) is 7.36. The fourth-order valence-electron chi connectivity index (χ4n) is 4.27. The molecular formula is C14H25NS. The molecule has 3 fully saturated rings. The summed E-state index contributed by atoms with van der Waals surface area (Å²) >= 11 is 2.14. The van der Waals surface area contributed by atoms with Gasteiger partial charge in [0.1, 0.15) is 0 Å². The van der Waals surface area contributed by atoms with E-state index in [1.807, 2.05) is 0 Å². The van der Waals surface area contributed by atoms with Gasteiger partial charge in [-0.25, -0.2) is 0 Å². The Labute approximate surface area is 104 Å². The van der Waals surface area contributed by atoms with Crippen LogP contribution in [0.15, 0.2) is 0 Å². The van der Waals surface area contributed by atoms with E-state index in [0.717, 1.165) is 29.8 Å². The van der Waals surface area contributed by atoms with Crippen LogP contribution in [0, 0.1) is 17.8 Å². The number of hydrogen-bond acceptors (Lipinski definition) is 2. The summed E-state index contributed by atoms with van der Waals surface area (Å²) in [4.78, 5) is 0. The molecule has 5 unspecified atom stereocenters. The summed E-state index contributed by atoms with van der Waals surface area (Å²) in [5.74, 6) is 5.92. The van der Waals surface area contributed by atoms with Gasteiger partial charge in [0.2, 0.25) is 0 Å². The predicted octanol–water partition coefficient (Wildman–Crippen LogP) is 3.30. The molecule has 1 saturated heterocycles. The van der Waals surface area contributed by atoms with Gasteiger partial charge in [-0.3, -0.25) is 0 Å². The number of fused-ring (bicyclic) bond motifs is 2. The molecular weight excluding hydrogens is 214 g/mol. The molecule has 5 atom stereocenters. The first-order valence-corrected chi connectivity index (χ1v) is 8.32. The van der Waals surface area contributed by atoms with Crippen molar-refractivity contribution in [1.29, 1.82) is 0 Å². The molecule has 2 aliphatic carbocycles. The van der Waals surface area contributed by atoms with E-state index in [0.29, 0.717) is 0 Å². The van der Waals surface area contributed by atoms with Crippen molar-refractivity contribution in [3.05, 3.63) is 0 Å². The Kier molecular flexibility index (Phi) is 3.49. The third-order valence-electron chi connectivity index (χ3n) is 5.09. The Bertz CT molecular complexity index is 237. The number of rotatable bonds is 3. The van der Waals surface area contributed by atoms with Crippen LogP contribution in [0.5, 0.6) is 0 Å². The Morgan fingerprint density at radius 2 is 2.12 bits per heavy atom. The smallest absolute Gasteiger partial charge is 0.0161 e. The van der Waals surface area contributed by atoms with Gasteiger partial charge in [0, 0.05) is 17.8 Å². The maximum atomic E-state index is 3.92. The van der Waals surface area contributed by atoms with Crippen molar-refractivity contribution < 1.29 is 0 Å². The second-order valence-electron chi connectivity index (χ2n) is 6.21. The van der Waals surface area contributed by atoms with Gasteiger partial charge in [0.25, 0.3) is 0 Å². The minimum Gasteiger partial charge on any atom is -0.310 e. The number of thioether (sulfide) groups is 1. The number of hydrogen-bond donors (Lipinski definition) is 1. The van der Waals surface area contributed by atoms with Crippen molar-refractivity contribution in [3.63, 3.8) is 0 Å². The molecule has 1 heterocycles. The van der Waals surface area contributed by atoms with Crippen molar-refractivity contribution in [3.8, 4) is 0 Å². The maximum absolute atomic E-state index is 3.92. The highest BCUT2D eigenvalue weighted by Crippen LogP contribution is 2.49. The molecule has 3 aliphatic rings. The fraction of sp³-hybridized carbons (Fsp3) is 1.00. The molecule has 16 heavy (non-hydrogen) atoms. The van der Waals surface area contributed by atoms with E-state index in [2.05, 4.69) is 24.0 Å². The molecule has 2 heteroatoms. The molecule has 0 aromatic carbocycles. The lowest BCUT2D eigenvalue weighted by molar-refractivity contribution is 0.245. The third kappa shape index (κ3) is 2.28. The van der Waals surface area contributed by atoms with E-state index in [4.69, 9.17) is 0 Å². The molecule has 1 aliphatic heterocycles. The van der Waals surface area contributed by atoms with Crippen LogP contribution >= 0.6 is 11.8 Å². The topological polar surface area (TPSA) is 12.0 Å². The second kappa shape index (κ2) is 4.89. The molecule has 0 amide bonds. The largest absolute Gasteiger partial charge is 0.310 e. The van der Waals surface area contributed by atoms with E-state index in [9.17, 15) is 0 Å². The molecule has 0 radical (unpaired) electrons. The van der Waals surface area contributed by atoms with Gasteiger partial charge in [-0.1, -0.05) is 6.42 Å². The first kappa shape index (κ1) is 11.4. The zero-order valence-electron chi connectivity index (χ0n) is 10.5. The van der Waals surface area contributed by atoms with Gasteiger partial charge >= 0.3 is 0 Å². The molecule has 2 saturated carbocycles. The third-order valence-corrected chi connectivity index (χ3v) is 6.31. The van der Waals surface area contributed by atoms with Gasteiger partial charge in [0.15, 0.2) is 0 Å². The standard InChI is InChI=1S/C14H25NS/c1-10(15-13-3-2-6-16-9-13)14-8-11-4-5-12(14)7-11/h10-15H,2-9H2,1H3. The van der Waals surface area contributed by atoms with Crippen molar-refractivity contribution >= 4 is 11.8 Å². The summed E-state index contributed by atoms with van der Waals surface area (Å²) < 4.78 is 0. The molecule has 0 spiro atoms. The van der Waals surface area contributed by atoms with Gasteiger partial charge in [-0.15, -0.1) is 0 Å². The Hall–Kier alpha value is 0.310. The van der Waals surface area contributed by atoms with E-state index in [1.54, 1.807) is 6.42 Å². The molecule has 0 aromatic heterocycles. The van der Waals surface area contributed by atoms with Crippen LogP contribution in [0.25, 0.3) is 0 Å². The minimum atomic E-state index is 0.777. The van der Waals surface area contributed by atoms with E-state index in [1.165, 1.54) is 43.6 Å². The Morgan fingerprint density at radius 3 is 2.75 bits per heavy atom. The van der Waals surface area contributed by atoms with Crippen LogP contribution in [0.1, 0.15) is 45.4 Å². The van der Waals surface area contributed by atoms with Crippen LogP contribution in [0.4, 0.5) is 0 Å². The van der Waals surface area contributed by atoms with E-state index in [-0.39, 0.29) is 0 Å². The molecule has 3 rings (SSSR count). The monoisotopic (exact) mass is 239 g/mol. The highest BCUT2D eigenvalue weighted by Gasteiger charge is 2.42. The number of nitrogens with one attached hydrogen (secondary N) is 1. The SMILES string of the molecule is CC(NC1CCCSC1)C1CC2CCC1C2. The molecule has 1 nitrogen and oxygen atoms in total.